The summed E-state index contributed by atoms with van der Waals surface area (Å²) in [7, 11) is 0. The number of benzene rings is 1. The molecular weight excluding hydrogens is 402 g/mol. The van der Waals surface area contributed by atoms with Crippen molar-refractivity contribution in [2.24, 2.45) is 0 Å². The van der Waals surface area contributed by atoms with E-state index in [1.165, 1.54) is 31.4 Å². The molecule has 1 aliphatic carbocycles. The predicted octanol–water partition coefficient (Wildman–Crippen LogP) is 3.95. The molecule has 0 unspecified atom stereocenters. The molecule has 158 valence electrons. The first-order valence-corrected chi connectivity index (χ1v) is 10.1. The monoisotopic (exact) mass is 422 g/mol. The Hall–Kier alpha value is -3.69. The van der Waals surface area contributed by atoms with E-state index in [0.717, 1.165) is 34.7 Å². The number of rotatable bonds is 4. The summed E-state index contributed by atoms with van der Waals surface area (Å²) in [4.78, 5) is 4.27. The van der Waals surface area contributed by atoms with Gasteiger partial charge in [-0.15, -0.1) is 5.10 Å². The van der Waals surface area contributed by atoms with E-state index in [1.54, 1.807) is 18.5 Å². The van der Waals surface area contributed by atoms with E-state index in [0.29, 0.717) is 11.6 Å². The van der Waals surface area contributed by atoms with Crippen LogP contribution in [0.15, 0.2) is 42.9 Å². The van der Waals surface area contributed by atoms with Crippen molar-refractivity contribution < 1.29 is 8.78 Å². The van der Waals surface area contributed by atoms with E-state index in [2.05, 4.69) is 25.6 Å². The topological polar surface area (TPSA) is 100 Å². The predicted molar refractivity (Wildman–Crippen MR) is 110 cm³/mol. The fraction of sp³-hybridized carbons (Fsp3) is 0.286. The van der Waals surface area contributed by atoms with E-state index in [9.17, 15) is 8.78 Å². The highest BCUT2D eigenvalue weighted by atomic mass is 19.2. The first-order valence-electron chi connectivity index (χ1n) is 10.1. The third kappa shape index (κ3) is 3.54. The highest BCUT2D eigenvalue weighted by molar-refractivity contribution is 5.76. The molecule has 31 heavy (non-hydrogen) atoms. The highest BCUT2D eigenvalue weighted by Crippen LogP contribution is 2.32. The molecule has 1 fully saturated rings. The average Bonchev–Trinajstić information content (AvgIpc) is 3.47. The van der Waals surface area contributed by atoms with Crippen molar-refractivity contribution in [2.75, 3.05) is 5.73 Å². The SMILES string of the molecule is Nc1ncc(-c2cnn(C3CCCCC3)c2)cc1-c1nnnn1-c1cccc(F)c1F. The maximum absolute atomic E-state index is 14.3. The van der Waals surface area contributed by atoms with Gasteiger partial charge in [0.1, 0.15) is 11.5 Å². The highest BCUT2D eigenvalue weighted by Gasteiger charge is 2.20. The lowest BCUT2D eigenvalue weighted by Crippen LogP contribution is -2.12. The van der Waals surface area contributed by atoms with Crippen LogP contribution in [0.5, 0.6) is 0 Å². The summed E-state index contributed by atoms with van der Waals surface area (Å²) >= 11 is 0. The zero-order valence-corrected chi connectivity index (χ0v) is 16.6. The molecule has 10 heteroatoms. The van der Waals surface area contributed by atoms with Gasteiger partial charge in [-0.3, -0.25) is 4.68 Å². The van der Waals surface area contributed by atoms with Gasteiger partial charge in [0.15, 0.2) is 17.5 Å². The van der Waals surface area contributed by atoms with Gasteiger partial charge in [0, 0.05) is 23.5 Å². The lowest BCUT2D eigenvalue weighted by Gasteiger charge is -2.21. The number of aromatic nitrogens is 7. The number of nitrogen functional groups attached to an aromatic ring is 1. The number of hydrogen-bond donors (Lipinski definition) is 1. The van der Waals surface area contributed by atoms with Gasteiger partial charge in [-0.2, -0.15) is 9.78 Å². The molecule has 0 aliphatic heterocycles. The first kappa shape index (κ1) is 19.3. The fourth-order valence-corrected chi connectivity index (χ4v) is 4.02. The van der Waals surface area contributed by atoms with Crippen LogP contribution >= 0.6 is 0 Å². The van der Waals surface area contributed by atoms with Gasteiger partial charge in [-0.25, -0.2) is 13.8 Å². The van der Waals surface area contributed by atoms with E-state index in [-0.39, 0.29) is 17.3 Å². The summed E-state index contributed by atoms with van der Waals surface area (Å²) in [6.07, 6.45) is 11.4. The number of halogens is 2. The molecule has 4 aromatic rings. The quantitative estimate of drug-likeness (QED) is 0.534. The van der Waals surface area contributed by atoms with Crippen LogP contribution in [-0.4, -0.2) is 35.0 Å². The van der Waals surface area contributed by atoms with Gasteiger partial charge >= 0.3 is 0 Å². The Balaban J connectivity index is 1.53. The Morgan fingerprint density at radius 2 is 1.87 bits per heavy atom. The number of nitrogens with zero attached hydrogens (tertiary/aromatic N) is 7. The molecule has 3 heterocycles. The Morgan fingerprint density at radius 3 is 2.71 bits per heavy atom. The van der Waals surface area contributed by atoms with Gasteiger partial charge < -0.3 is 5.73 Å². The van der Waals surface area contributed by atoms with Crippen molar-refractivity contribution in [1.82, 2.24) is 35.0 Å². The van der Waals surface area contributed by atoms with Crippen LogP contribution in [-0.2, 0) is 0 Å². The number of nitrogens with two attached hydrogens (primary N) is 1. The molecule has 0 radical (unpaired) electrons. The normalized spacial score (nSPS) is 14.8. The summed E-state index contributed by atoms with van der Waals surface area (Å²) in [6, 6.07) is 6.00. The zero-order chi connectivity index (χ0) is 21.4. The fourth-order valence-electron chi connectivity index (χ4n) is 4.02. The Morgan fingerprint density at radius 1 is 1.03 bits per heavy atom. The van der Waals surface area contributed by atoms with Gasteiger partial charge in [0.2, 0.25) is 0 Å². The molecule has 5 rings (SSSR count). The van der Waals surface area contributed by atoms with Crippen molar-refractivity contribution in [3.8, 4) is 28.2 Å². The molecule has 2 N–H and O–H groups in total. The third-order valence-corrected chi connectivity index (χ3v) is 5.67. The summed E-state index contributed by atoms with van der Waals surface area (Å²) in [5, 5.41) is 16.0. The molecule has 0 atom stereocenters. The van der Waals surface area contributed by atoms with Crippen molar-refractivity contribution >= 4 is 5.82 Å². The Bertz CT molecular complexity index is 1230. The van der Waals surface area contributed by atoms with Gasteiger partial charge in [0.25, 0.3) is 0 Å². The molecular formula is C21H20F2N8. The van der Waals surface area contributed by atoms with Crippen molar-refractivity contribution in [3.05, 3.63) is 54.5 Å². The summed E-state index contributed by atoms with van der Waals surface area (Å²) < 4.78 is 31.2. The van der Waals surface area contributed by atoms with Crippen LogP contribution in [0.1, 0.15) is 38.1 Å². The first-order chi connectivity index (χ1) is 15.1. The number of hydrogen-bond acceptors (Lipinski definition) is 6. The molecule has 1 aliphatic rings. The maximum atomic E-state index is 14.3. The second-order valence-corrected chi connectivity index (χ2v) is 7.64. The molecule has 0 amide bonds. The molecule has 0 saturated heterocycles. The average molecular weight is 422 g/mol. The Kier molecular flexibility index (Phi) is 4.89. The van der Waals surface area contributed by atoms with Crippen LogP contribution in [0, 0.1) is 11.6 Å². The molecule has 0 bridgehead atoms. The number of anilines is 1. The van der Waals surface area contributed by atoms with Crippen LogP contribution in [0.2, 0.25) is 0 Å². The lowest BCUT2D eigenvalue weighted by atomic mass is 9.96. The second-order valence-electron chi connectivity index (χ2n) is 7.64. The molecule has 1 aromatic carbocycles. The molecule has 8 nitrogen and oxygen atoms in total. The molecule has 3 aromatic heterocycles. The largest absolute Gasteiger partial charge is 0.383 e. The van der Waals surface area contributed by atoms with E-state index < -0.39 is 11.6 Å². The van der Waals surface area contributed by atoms with Crippen molar-refractivity contribution in [1.29, 1.82) is 0 Å². The van der Waals surface area contributed by atoms with Gasteiger partial charge in [0.05, 0.1) is 17.8 Å². The summed E-state index contributed by atoms with van der Waals surface area (Å²) in [5.74, 6) is -1.70. The number of pyridine rings is 1. The molecule has 0 spiro atoms. The number of tetrazole rings is 1. The third-order valence-electron chi connectivity index (χ3n) is 5.67. The van der Waals surface area contributed by atoms with Gasteiger partial charge in [-0.1, -0.05) is 25.3 Å². The minimum atomic E-state index is -1.05. The summed E-state index contributed by atoms with van der Waals surface area (Å²) in [6.45, 7) is 0. The lowest BCUT2D eigenvalue weighted by molar-refractivity contribution is 0.329. The van der Waals surface area contributed by atoms with Crippen LogP contribution in [0.3, 0.4) is 0 Å². The maximum Gasteiger partial charge on any atom is 0.190 e. The van der Waals surface area contributed by atoms with E-state index in [1.807, 2.05) is 10.9 Å². The summed E-state index contributed by atoms with van der Waals surface area (Å²) in [5.41, 5.74) is 8.05. The van der Waals surface area contributed by atoms with E-state index >= 15 is 0 Å². The minimum absolute atomic E-state index is 0.116. The molecule has 1 saturated carbocycles. The minimum Gasteiger partial charge on any atom is -0.383 e. The smallest absolute Gasteiger partial charge is 0.190 e. The van der Waals surface area contributed by atoms with Crippen LogP contribution in [0.4, 0.5) is 14.6 Å². The van der Waals surface area contributed by atoms with Crippen LogP contribution < -0.4 is 5.73 Å². The zero-order valence-electron chi connectivity index (χ0n) is 16.6. The second kappa shape index (κ2) is 7.86. The van der Waals surface area contributed by atoms with Crippen LogP contribution in [0.25, 0.3) is 28.2 Å². The standard InChI is InChI=1S/C21H20F2N8/c22-17-7-4-8-18(19(17)23)31-21(27-28-29-31)16-9-13(10-25-20(16)24)14-11-26-30(12-14)15-5-2-1-3-6-15/h4,7-12,15H,1-3,5-6H2,(H2,24,25). The van der Waals surface area contributed by atoms with E-state index in [4.69, 9.17) is 5.73 Å². The van der Waals surface area contributed by atoms with Crippen molar-refractivity contribution in [2.45, 2.75) is 38.1 Å². The Labute approximate surface area is 176 Å². The van der Waals surface area contributed by atoms with Gasteiger partial charge in [-0.05, 0) is 41.5 Å². The van der Waals surface area contributed by atoms with Crippen molar-refractivity contribution in [3.63, 3.8) is 0 Å².